The van der Waals surface area contributed by atoms with Crippen LogP contribution < -0.4 is 5.32 Å². The van der Waals surface area contributed by atoms with Crippen molar-refractivity contribution in [2.45, 2.75) is 18.9 Å². The summed E-state index contributed by atoms with van der Waals surface area (Å²) in [6.07, 6.45) is 8.91. The van der Waals surface area contributed by atoms with Gasteiger partial charge in [0.25, 0.3) is 0 Å². The van der Waals surface area contributed by atoms with Crippen molar-refractivity contribution in [1.29, 1.82) is 0 Å². The maximum atomic E-state index is 12.0. The van der Waals surface area contributed by atoms with Crippen molar-refractivity contribution in [3.8, 4) is 0 Å². The van der Waals surface area contributed by atoms with Crippen molar-refractivity contribution in [2.75, 3.05) is 39.3 Å². The second-order valence-corrected chi connectivity index (χ2v) is 8.72. The molecule has 34 heavy (non-hydrogen) atoms. The Balaban J connectivity index is 1.18. The molecule has 0 saturated carbocycles. The molecule has 5 nitrogen and oxygen atoms in total. The van der Waals surface area contributed by atoms with Gasteiger partial charge in [0.2, 0.25) is 5.91 Å². The maximum absolute atomic E-state index is 12.0. The first kappa shape index (κ1) is 23.9. The Hall–Kier alpha value is -3.28. The number of carbonyl (C=O) groups is 1. The molecule has 0 radical (unpaired) electrons. The molecule has 0 aliphatic carbocycles. The third-order valence-electron chi connectivity index (χ3n) is 6.31. The lowest BCUT2D eigenvalue weighted by Gasteiger charge is -2.39. The number of unbranched alkanes of at least 4 members (excludes halogenated alkanes) is 1. The Morgan fingerprint density at radius 2 is 1.56 bits per heavy atom. The third-order valence-corrected chi connectivity index (χ3v) is 6.31. The molecule has 1 aliphatic rings. The van der Waals surface area contributed by atoms with E-state index in [9.17, 15) is 4.79 Å². The Bertz CT molecular complexity index is 976. The van der Waals surface area contributed by atoms with E-state index in [1.165, 1.54) is 11.1 Å². The number of hydrogen-bond donors (Lipinski definition) is 1. The number of nitrogens with zero attached hydrogens (tertiary/aromatic N) is 3. The van der Waals surface area contributed by atoms with Crippen molar-refractivity contribution >= 4 is 12.0 Å². The summed E-state index contributed by atoms with van der Waals surface area (Å²) in [5.41, 5.74) is 3.64. The zero-order valence-electron chi connectivity index (χ0n) is 19.7. The van der Waals surface area contributed by atoms with Gasteiger partial charge in [-0.2, -0.15) is 0 Å². The highest BCUT2D eigenvalue weighted by Crippen LogP contribution is 2.29. The summed E-state index contributed by atoms with van der Waals surface area (Å²) in [4.78, 5) is 21.2. The van der Waals surface area contributed by atoms with Gasteiger partial charge in [0.15, 0.2) is 0 Å². The van der Waals surface area contributed by atoms with E-state index in [1.807, 2.05) is 12.1 Å². The summed E-state index contributed by atoms with van der Waals surface area (Å²) in [5.74, 6) is -0.0506. The molecule has 1 aliphatic heterocycles. The second kappa shape index (κ2) is 12.8. The first-order valence-electron chi connectivity index (χ1n) is 12.2. The topological polar surface area (TPSA) is 48.5 Å². The van der Waals surface area contributed by atoms with Crippen LogP contribution in [-0.4, -0.2) is 60.0 Å². The van der Waals surface area contributed by atoms with Crippen LogP contribution in [0.4, 0.5) is 0 Å². The van der Waals surface area contributed by atoms with Crippen molar-refractivity contribution in [1.82, 2.24) is 20.1 Å². The number of benzene rings is 2. The lowest BCUT2D eigenvalue weighted by Crippen LogP contribution is -2.48. The van der Waals surface area contributed by atoms with Gasteiger partial charge in [-0.25, -0.2) is 0 Å². The molecule has 176 valence electrons. The fourth-order valence-electron chi connectivity index (χ4n) is 4.51. The normalized spacial score (nSPS) is 15.1. The van der Waals surface area contributed by atoms with Crippen LogP contribution in [0.1, 0.15) is 35.6 Å². The van der Waals surface area contributed by atoms with Crippen LogP contribution >= 0.6 is 0 Å². The molecule has 0 atom stereocenters. The average molecular weight is 455 g/mol. The lowest BCUT2D eigenvalue weighted by atomic mass is 9.96. The van der Waals surface area contributed by atoms with E-state index in [2.05, 4.69) is 80.8 Å². The average Bonchev–Trinajstić information content (AvgIpc) is 2.90. The first-order chi connectivity index (χ1) is 16.8. The Morgan fingerprint density at radius 1 is 0.882 bits per heavy atom. The largest absolute Gasteiger partial charge is 0.353 e. The summed E-state index contributed by atoms with van der Waals surface area (Å²) in [5, 5.41) is 2.98. The van der Waals surface area contributed by atoms with Gasteiger partial charge in [0.1, 0.15) is 0 Å². The predicted octanol–water partition coefficient (Wildman–Crippen LogP) is 4.40. The van der Waals surface area contributed by atoms with Gasteiger partial charge in [0.05, 0.1) is 6.04 Å². The van der Waals surface area contributed by atoms with Crippen LogP contribution in [0.3, 0.4) is 0 Å². The van der Waals surface area contributed by atoms with E-state index >= 15 is 0 Å². The number of amides is 1. The van der Waals surface area contributed by atoms with Gasteiger partial charge < -0.3 is 10.2 Å². The molecule has 1 amide bonds. The number of pyridine rings is 1. The molecular formula is C29H34N4O. The smallest absolute Gasteiger partial charge is 0.243 e. The highest BCUT2D eigenvalue weighted by atomic mass is 16.1. The van der Waals surface area contributed by atoms with Gasteiger partial charge in [-0.05, 0) is 48.2 Å². The minimum atomic E-state index is -0.0506. The summed E-state index contributed by atoms with van der Waals surface area (Å²) < 4.78 is 0. The highest BCUT2D eigenvalue weighted by Gasteiger charge is 2.26. The molecule has 0 unspecified atom stereocenters. The minimum absolute atomic E-state index is 0.0506. The van der Waals surface area contributed by atoms with E-state index < -0.39 is 0 Å². The molecule has 3 aromatic rings. The van der Waals surface area contributed by atoms with E-state index in [4.69, 9.17) is 0 Å². The molecule has 0 spiro atoms. The predicted molar refractivity (Wildman–Crippen MR) is 138 cm³/mol. The van der Waals surface area contributed by atoms with Crippen molar-refractivity contribution in [3.05, 3.63) is 108 Å². The molecular weight excluding hydrogens is 420 g/mol. The summed E-state index contributed by atoms with van der Waals surface area (Å²) in [6, 6.07) is 25.8. The zero-order chi connectivity index (χ0) is 23.4. The number of piperazine rings is 1. The molecule has 2 heterocycles. The molecule has 0 bridgehead atoms. The van der Waals surface area contributed by atoms with Crippen LogP contribution in [0.5, 0.6) is 0 Å². The first-order valence-corrected chi connectivity index (χ1v) is 12.2. The molecule has 1 fully saturated rings. The number of nitrogens with one attached hydrogen (secondary N) is 1. The Morgan fingerprint density at radius 3 is 2.18 bits per heavy atom. The molecule has 2 aromatic carbocycles. The van der Waals surface area contributed by atoms with Crippen molar-refractivity contribution in [2.24, 2.45) is 0 Å². The van der Waals surface area contributed by atoms with E-state index in [-0.39, 0.29) is 5.91 Å². The molecule has 5 heteroatoms. The monoisotopic (exact) mass is 454 g/mol. The second-order valence-electron chi connectivity index (χ2n) is 8.72. The Kier molecular flexibility index (Phi) is 9.00. The van der Waals surface area contributed by atoms with E-state index in [1.54, 1.807) is 24.5 Å². The summed E-state index contributed by atoms with van der Waals surface area (Å²) in [7, 11) is 0. The molecule has 4 rings (SSSR count). The van der Waals surface area contributed by atoms with Gasteiger partial charge in [-0.1, -0.05) is 66.7 Å². The van der Waals surface area contributed by atoms with E-state index in [0.717, 1.165) is 51.1 Å². The summed E-state index contributed by atoms with van der Waals surface area (Å²) >= 11 is 0. The van der Waals surface area contributed by atoms with Gasteiger partial charge in [0, 0.05) is 51.2 Å². The minimum Gasteiger partial charge on any atom is -0.353 e. The van der Waals surface area contributed by atoms with Crippen LogP contribution in [0.25, 0.3) is 6.08 Å². The molecule has 1 aromatic heterocycles. The lowest BCUT2D eigenvalue weighted by molar-refractivity contribution is -0.116. The zero-order valence-corrected chi connectivity index (χ0v) is 19.7. The van der Waals surface area contributed by atoms with E-state index in [0.29, 0.717) is 12.6 Å². The number of aromatic nitrogens is 1. The van der Waals surface area contributed by atoms with Crippen LogP contribution in [0, 0.1) is 0 Å². The van der Waals surface area contributed by atoms with Crippen LogP contribution in [0.15, 0.2) is 91.3 Å². The van der Waals surface area contributed by atoms with Crippen LogP contribution in [-0.2, 0) is 4.79 Å². The molecule has 1 saturated heterocycles. The standard InChI is InChI=1S/C29H34N4O/c34-28(16-15-25-10-9-17-30-24-25)31-18-7-8-19-32-20-22-33(23-21-32)29(26-11-3-1-4-12-26)27-13-5-2-6-14-27/h1-6,9-17,24,29H,7-8,18-23H2,(H,31,34)/b16-15+. The third kappa shape index (κ3) is 7.11. The van der Waals surface area contributed by atoms with Crippen molar-refractivity contribution in [3.63, 3.8) is 0 Å². The maximum Gasteiger partial charge on any atom is 0.243 e. The Labute approximate surface area is 203 Å². The number of carbonyl (C=O) groups excluding carboxylic acids is 1. The fourth-order valence-corrected chi connectivity index (χ4v) is 4.51. The SMILES string of the molecule is O=C(/C=C/c1cccnc1)NCCCCN1CCN(C(c2ccccc2)c2ccccc2)CC1. The van der Waals surface area contributed by atoms with Gasteiger partial charge in [-0.15, -0.1) is 0 Å². The quantitative estimate of drug-likeness (QED) is 0.364. The molecule has 1 N–H and O–H groups in total. The van der Waals surface area contributed by atoms with Crippen LogP contribution in [0.2, 0.25) is 0 Å². The fraction of sp³-hybridized carbons (Fsp3) is 0.310. The van der Waals surface area contributed by atoms with Gasteiger partial charge in [-0.3, -0.25) is 14.7 Å². The number of rotatable bonds is 10. The summed E-state index contributed by atoms with van der Waals surface area (Å²) in [6.45, 7) is 6.07. The van der Waals surface area contributed by atoms with Gasteiger partial charge >= 0.3 is 0 Å². The highest BCUT2D eigenvalue weighted by molar-refractivity contribution is 5.91. The number of hydrogen-bond acceptors (Lipinski definition) is 4. The van der Waals surface area contributed by atoms with Crippen molar-refractivity contribution < 1.29 is 4.79 Å².